The number of rotatable bonds is 37. The molecule has 0 aliphatic carbocycles. The summed E-state index contributed by atoms with van der Waals surface area (Å²) in [6, 6.07) is 75.6. The second-order valence-corrected chi connectivity index (χ2v) is 31.0. The molecule has 3 heterocycles. The number of amides is 5. The lowest BCUT2D eigenvalue weighted by Crippen LogP contribution is -2.29. The van der Waals surface area contributed by atoms with Gasteiger partial charge in [-0.15, -0.1) is 0 Å². The summed E-state index contributed by atoms with van der Waals surface area (Å²) in [7, 11) is 0. The molecule has 10 N–H and O–H groups in total. The van der Waals surface area contributed by atoms with Gasteiger partial charge in [0.25, 0.3) is 29.5 Å². The smallest absolute Gasteiger partial charge is 0.346 e. The van der Waals surface area contributed by atoms with Gasteiger partial charge in [-0.3, -0.25) is 33.8 Å². The number of nitrogens with one attached hydrogen (secondary N) is 1. The van der Waals surface area contributed by atoms with Gasteiger partial charge in [0, 0.05) is 31.7 Å². The summed E-state index contributed by atoms with van der Waals surface area (Å²) < 4.78 is 54.7. The Hall–Kier alpha value is -18.5. The number of hydrogen-bond acceptors (Lipinski definition) is 34. The number of carboxylic acids is 1. The summed E-state index contributed by atoms with van der Waals surface area (Å²) in [6.07, 6.45) is 0. The van der Waals surface area contributed by atoms with Crippen LogP contribution in [-0.2, 0) is 91.4 Å². The van der Waals surface area contributed by atoms with E-state index < -0.39 is 83.5 Å². The van der Waals surface area contributed by atoms with Crippen LogP contribution in [0.1, 0.15) is 220 Å². The summed E-state index contributed by atoms with van der Waals surface area (Å²) in [5, 5.41) is 29.1. The summed E-state index contributed by atoms with van der Waals surface area (Å²) in [5.74, 6) is -10.8. The Labute approximate surface area is 832 Å². The van der Waals surface area contributed by atoms with Gasteiger partial charge in [0.15, 0.2) is 0 Å². The molecule has 0 saturated carbocycles. The molecule has 0 aromatic heterocycles. The van der Waals surface area contributed by atoms with E-state index >= 15 is 0 Å². The molecular formula is C108H94N6O32. The maximum Gasteiger partial charge on any atom is 0.346 e. The highest BCUT2D eigenvalue weighted by Gasteiger charge is 2.37. The van der Waals surface area contributed by atoms with Crippen LogP contribution in [0.2, 0.25) is 0 Å². The number of fused-ring (bicyclic) bond motifs is 3. The van der Waals surface area contributed by atoms with Gasteiger partial charge in [-0.25, -0.2) is 62.3 Å². The van der Waals surface area contributed by atoms with Crippen molar-refractivity contribution in [2.75, 3.05) is 79.3 Å². The van der Waals surface area contributed by atoms with E-state index in [1.807, 2.05) is 54.6 Å². The molecule has 3 aliphatic heterocycles. The lowest BCUT2D eigenvalue weighted by atomic mass is 10.1. The van der Waals surface area contributed by atoms with Gasteiger partial charge >= 0.3 is 77.6 Å². The zero-order valence-corrected chi connectivity index (χ0v) is 77.7. The molecule has 0 bridgehead atoms. The van der Waals surface area contributed by atoms with Crippen molar-refractivity contribution >= 4 is 107 Å². The first-order valence-electron chi connectivity index (χ1n) is 44.7. The van der Waals surface area contributed by atoms with Crippen molar-refractivity contribution in [3.8, 4) is 0 Å². The fourth-order valence-corrected chi connectivity index (χ4v) is 13.7. The highest BCUT2D eigenvalue weighted by molar-refractivity contribution is 6.22. The molecule has 5 amide bonds. The first kappa shape index (κ1) is 108. The fourth-order valence-electron chi connectivity index (χ4n) is 13.7. The van der Waals surface area contributed by atoms with E-state index in [1.54, 1.807) is 91.0 Å². The van der Waals surface area contributed by atoms with Gasteiger partial charge in [0.05, 0.1) is 121 Å². The van der Waals surface area contributed by atoms with Crippen LogP contribution >= 0.6 is 0 Å². The second kappa shape index (κ2) is 54.3. The average Bonchev–Trinajstić information content (AvgIpc) is 1.64. The van der Waals surface area contributed by atoms with E-state index in [0.29, 0.717) is 58.6 Å². The van der Waals surface area contributed by atoms with Crippen molar-refractivity contribution in [2.24, 2.45) is 17.2 Å². The number of carbonyl (C=O) groups excluding carboxylic acids is 17. The average molecular weight is 1990 g/mol. The van der Waals surface area contributed by atoms with Gasteiger partial charge in [0.2, 0.25) is 0 Å². The molecule has 146 heavy (non-hydrogen) atoms. The highest BCUT2D eigenvalue weighted by atomic mass is 16.6. The molecule has 15 rings (SSSR count). The number of carboxylic acid groups (broad SMARTS) is 1. The molecule has 0 spiro atoms. The van der Waals surface area contributed by atoms with Gasteiger partial charge in [-0.1, -0.05) is 109 Å². The van der Waals surface area contributed by atoms with Gasteiger partial charge in [-0.2, -0.15) is 0 Å². The molecule has 0 saturated heterocycles. The molecule has 0 radical (unpaired) electrons. The molecule has 748 valence electrons. The molecule has 38 heteroatoms. The summed E-state index contributed by atoms with van der Waals surface area (Å²) in [5.41, 5.74) is 26.4. The minimum atomic E-state index is -1.13. The van der Waals surface area contributed by atoms with E-state index in [1.165, 1.54) is 155 Å². The first-order chi connectivity index (χ1) is 70.6. The first-order valence-corrected chi connectivity index (χ1v) is 44.7. The van der Waals surface area contributed by atoms with E-state index in [4.69, 9.17) is 79.9 Å². The number of carbonyl (C=O) groups is 18. The largest absolute Gasteiger partial charge is 0.478 e. The Morgan fingerprint density at radius 3 is 0.678 bits per heavy atom. The lowest BCUT2D eigenvalue weighted by Gasteiger charge is -2.15. The van der Waals surface area contributed by atoms with Crippen molar-refractivity contribution < 1.29 is 154 Å². The highest BCUT2D eigenvalue weighted by Crippen LogP contribution is 2.28. The maximum absolute atomic E-state index is 12.8. The molecule has 0 atom stereocenters. The number of esters is 12. The second-order valence-electron chi connectivity index (χ2n) is 31.0. The van der Waals surface area contributed by atoms with Crippen LogP contribution in [0.4, 0.5) is 0 Å². The number of hydrogen-bond donors (Lipinski definition) is 7. The van der Waals surface area contributed by atoms with Crippen LogP contribution in [0, 0.1) is 0 Å². The predicted molar refractivity (Wildman–Crippen MR) is 514 cm³/mol. The monoisotopic (exact) mass is 1990 g/mol. The van der Waals surface area contributed by atoms with E-state index in [2.05, 4.69) is 10.1 Å². The van der Waals surface area contributed by atoms with Crippen LogP contribution in [0.3, 0.4) is 0 Å². The van der Waals surface area contributed by atoms with Crippen LogP contribution in [0.15, 0.2) is 291 Å². The number of aromatic carboxylic acids is 1. The molecule has 0 fully saturated rings. The summed E-state index contributed by atoms with van der Waals surface area (Å²) in [6.45, 7) is -0.674. The third-order valence-corrected chi connectivity index (χ3v) is 21.1. The van der Waals surface area contributed by atoms with Crippen molar-refractivity contribution in [2.45, 2.75) is 39.3 Å². The summed E-state index contributed by atoms with van der Waals surface area (Å²) in [4.78, 5) is 220. The Morgan fingerprint density at radius 2 is 0.445 bits per heavy atom. The Morgan fingerprint density at radius 1 is 0.247 bits per heavy atom. The Balaban J connectivity index is 0.000000204. The zero-order valence-electron chi connectivity index (χ0n) is 77.7. The standard InChI is InChI=1S/C46H38N2O14.C30H26O13.C16H14N2O2.C8H12N2.C8H4O3/c49-20-21-58-42(53)33-12-14-34(15-13-33)44(55)61-24-25-62-46(57)36-18-16-35(17-19-36)45(56)60-23-22-59-43(54)32-10-8-31(9-11-32)39(50)47-27-29-4-3-5-30(26-29)28-48-40(51)37-6-1-2-7-38(37)41(48)52;31-13-14-39-26(34)21-5-7-22(8-6-21)28(36)42-17-18-43-30(38)24-11-9-23(10-12-24)29(37)41-16-15-40-27(35)20-3-1-19(2-4-20)25(32)33;17-9-11-4-3-5-12(8-11)10-18-15(19)13-6-1-2-7-14(13)16(18)20;9-5-7-2-1-3-8(4-7)6-10;9-7-5-3-1-2-4-6(5)8(10)11-7/h1-19,26,49H,20-25,27-28H2,(H,47,50);1-12,31H,13-18H2,(H,32,33);1-8H,9-10,17H2;1-4H,5-6,9-10H2;1-4H. The van der Waals surface area contributed by atoms with Crippen LogP contribution in [0.5, 0.6) is 0 Å². The SMILES string of the molecule is NCc1cccc(CN)c1.NCc1cccc(CN2C(=O)c3ccccc3C2=O)c1.O=C(NCc1cccc(CN2C(=O)c3ccccc3C2=O)c1)c1ccc(C(=O)OCCOC(=O)c2ccc(C(=O)OCCOC(=O)c3ccc(C(=O)OCCO)cc3)cc2)cc1.O=C(O)c1ccc(C(=O)OCCOC(=O)c2ccc(C(=O)OCCOC(=O)c3ccc(C(=O)OCCO)cc3)cc2)cc1.O=C1OC(=O)c2ccccc21. The van der Waals surface area contributed by atoms with E-state index in [-0.39, 0.29) is 184 Å². The fraction of sp³-hybridized carbons (Fsp3) is 0.167. The number of nitrogens with zero attached hydrogens (tertiary/aromatic N) is 2. The Bertz CT molecular complexity index is 6670. The van der Waals surface area contributed by atoms with Crippen molar-refractivity contribution in [1.82, 2.24) is 15.1 Å². The molecule has 3 aliphatic rings. The van der Waals surface area contributed by atoms with Crippen LogP contribution in [-0.4, -0.2) is 212 Å². The molecule has 12 aromatic carbocycles. The molecule has 12 aromatic rings. The van der Waals surface area contributed by atoms with Crippen LogP contribution < -0.4 is 22.5 Å². The number of aliphatic hydroxyl groups is 2. The van der Waals surface area contributed by atoms with Crippen molar-refractivity contribution in [3.05, 3.63) is 425 Å². The maximum atomic E-state index is 12.8. The molecule has 0 unspecified atom stereocenters. The summed E-state index contributed by atoms with van der Waals surface area (Å²) >= 11 is 0. The quantitative estimate of drug-likeness (QED) is 0.00625. The minimum absolute atomic E-state index is 0.0215. The van der Waals surface area contributed by atoms with Gasteiger partial charge < -0.3 is 89.9 Å². The number of imide groups is 2. The topological polar surface area (TPSA) is 566 Å². The van der Waals surface area contributed by atoms with Gasteiger partial charge in [0.1, 0.15) is 66.1 Å². The normalized spacial score (nSPS) is 11.6. The minimum Gasteiger partial charge on any atom is -0.478 e. The lowest BCUT2D eigenvalue weighted by molar-refractivity contribution is 0.0263. The predicted octanol–water partition coefficient (Wildman–Crippen LogP) is 10.7. The molecular weight excluding hydrogens is 1890 g/mol. The van der Waals surface area contributed by atoms with Gasteiger partial charge in [-0.05, 0) is 215 Å². The van der Waals surface area contributed by atoms with Crippen LogP contribution in [0.25, 0.3) is 0 Å². The van der Waals surface area contributed by atoms with Crippen molar-refractivity contribution in [3.63, 3.8) is 0 Å². The Kier molecular flexibility index (Phi) is 40.2. The number of ether oxygens (including phenoxy) is 11. The van der Waals surface area contributed by atoms with Crippen molar-refractivity contribution in [1.29, 1.82) is 0 Å². The number of cyclic esters (lactones) is 2. The van der Waals surface area contributed by atoms with E-state index in [0.717, 1.165) is 33.4 Å². The third-order valence-electron chi connectivity index (χ3n) is 21.1. The number of nitrogens with two attached hydrogens (primary N) is 3. The molecule has 38 nitrogen and oxygen atoms in total. The van der Waals surface area contributed by atoms with E-state index in [9.17, 15) is 86.3 Å². The number of aliphatic hydroxyl groups excluding tert-OH is 2. The zero-order chi connectivity index (χ0) is 105. The third kappa shape index (κ3) is 30.8. The number of benzene rings is 12.